The number of carbonyl (C=O) groups excluding carboxylic acids is 2. The lowest BCUT2D eigenvalue weighted by Crippen LogP contribution is -2.41. The van der Waals surface area contributed by atoms with Gasteiger partial charge in [0.15, 0.2) is 0 Å². The molecule has 2 aromatic rings. The Hall–Kier alpha value is -2.60. The number of halogens is 1. The maximum Gasteiger partial charge on any atom is 0.329 e. The van der Waals surface area contributed by atoms with E-state index in [2.05, 4.69) is 21.2 Å². The van der Waals surface area contributed by atoms with Crippen LogP contribution in [0.5, 0.6) is 5.75 Å². The topological polar surface area (TPSA) is 58.6 Å². The zero-order valence-electron chi connectivity index (χ0n) is 16.1. The number of rotatable bonds is 5. The third-order valence-electron chi connectivity index (χ3n) is 5.36. The van der Waals surface area contributed by atoms with Gasteiger partial charge in [0.1, 0.15) is 18.1 Å². The molecule has 3 amide bonds. The number of hydrogen-bond acceptors (Lipinski definition) is 3. The van der Waals surface area contributed by atoms with Gasteiger partial charge in [0, 0.05) is 16.1 Å². The van der Waals surface area contributed by atoms with Crippen molar-refractivity contribution < 1.29 is 14.3 Å². The molecule has 0 atom stereocenters. The Balaban J connectivity index is 1.56. The molecule has 1 N–H and O–H groups in total. The molecular formula is C23H23BrN2O3. The van der Waals surface area contributed by atoms with Crippen LogP contribution in [0.15, 0.2) is 58.7 Å². The van der Waals surface area contributed by atoms with Gasteiger partial charge in [-0.3, -0.25) is 9.69 Å². The molecule has 1 saturated carbocycles. The average molecular weight is 455 g/mol. The molecule has 2 fully saturated rings. The highest BCUT2D eigenvalue weighted by Crippen LogP contribution is 2.30. The summed E-state index contributed by atoms with van der Waals surface area (Å²) in [7, 11) is 0. The molecule has 150 valence electrons. The molecule has 2 aromatic carbocycles. The summed E-state index contributed by atoms with van der Waals surface area (Å²) in [4.78, 5) is 26.8. The van der Waals surface area contributed by atoms with Crippen molar-refractivity contribution in [2.75, 3.05) is 0 Å². The number of urea groups is 1. The van der Waals surface area contributed by atoms with Gasteiger partial charge in [-0.15, -0.1) is 0 Å². The molecule has 0 spiro atoms. The van der Waals surface area contributed by atoms with Crippen LogP contribution in [0.2, 0.25) is 0 Å². The summed E-state index contributed by atoms with van der Waals surface area (Å²) in [5.74, 6) is 0.401. The minimum atomic E-state index is -0.324. The molecular weight excluding hydrogens is 432 g/mol. The Bertz CT molecular complexity index is 936. The number of benzene rings is 2. The Kier molecular flexibility index (Phi) is 6.00. The highest BCUT2D eigenvalue weighted by Gasteiger charge is 2.39. The van der Waals surface area contributed by atoms with Gasteiger partial charge < -0.3 is 10.1 Å². The minimum absolute atomic E-state index is 0.00143. The average Bonchev–Trinajstić information content (AvgIpc) is 3.02. The Morgan fingerprint density at radius 2 is 1.83 bits per heavy atom. The molecule has 29 heavy (non-hydrogen) atoms. The van der Waals surface area contributed by atoms with E-state index in [1.165, 1.54) is 11.3 Å². The smallest absolute Gasteiger partial charge is 0.329 e. The first-order valence-corrected chi connectivity index (χ1v) is 10.7. The summed E-state index contributed by atoms with van der Waals surface area (Å²) in [6.45, 7) is 0.424. The van der Waals surface area contributed by atoms with Crippen LogP contribution in [0.25, 0.3) is 6.08 Å². The molecule has 1 aliphatic heterocycles. The molecule has 1 aliphatic carbocycles. The predicted octanol–water partition coefficient (Wildman–Crippen LogP) is 5.25. The lowest BCUT2D eigenvalue weighted by Gasteiger charge is -2.28. The quantitative estimate of drug-likeness (QED) is 0.495. The summed E-state index contributed by atoms with van der Waals surface area (Å²) in [5, 5.41) is 2.75. The van der Waals surface area contributed by atoms with Crippen LogP contribution in [0.1, 0.15) is 43.2 Å². The molecule has 1 heterocycles. The number of hydrogen-bond donors (Lipinski definition) is 1. The van der Waals surface area contributed by atoms with E-state index in [9.17, 15) is 9.59 Å². The van der Waals surface area contributed by atoms with Crippen molar-refractivity contribution in [3.63, 3.8) is 0 Å². The lowest BCUT2D eigenvalue weighted by molar-refractivity contribution is -0.124. The van der Waals surface area contributed by atoms with Gasteiger partial charge in [0.05, 0.1) is 0 Å². The number of imide groups is 1. The monoisotopic (exact) mass is 454 g/mol. The van der Waals surface area contributed by atoms with Crippen LogP contribution in [-0.2, 0) is 11.4 Å². The van der Waals surface area contributed by atoms with Gasteiger partial charge in [0.25, 0.3) is 5.91 Å². The standard InChI is InChI=1S/C23H23BrN2O3/c24-18-11-12-21(29-15-16-7-3-1-4-8-16)17(13-18)14-20-22(27)26(23(28)25-20)19-9-5-2-6-10-19/h1,3-4,7-8,11-14,19H,2,5-6,9-10,15H2,(H,25,28)/b20-14-. The third kappa shape index (κ3) is 4.53. The van der Waals surface area contributed by atoms with Crippen LogP contribution in [0.3, 0.4) is 0 Å². The van der Waals surface area contributed by atoms with Crippen LogP contribution in [0, 0.1) is 0 Å². The lowest BCUT2D eigenvalue weighted by atomic mass is 9.94. The Morgan fingerprint density at radius 1 is 1.07 bits per heavy atom. The van der Waals surface area contributed by atoms with Crippen LogP contribution < -0.4 is 10.1 Å². The molecule has 2 aliphatic rings. The first-order valence-electron chi connectivity index (χ1n) is 9.94. The second-order valence-corrected chi connectivity index (χ2v) is 8.33. The van der Waals surface area contributed by atoms with E-state index in [-0.39, 0.29) is 18.0 Å². The highest BCUT2D eigenvalue weighted by molar-refractivity contribution is 9.10. The molecule has 0 radical (unpaired) electrons. The Labute approximate surface area is 178 Å². The third-order valence-corrected chi connectivity index (χ3v) is 5.85. The van der Waals surface area contributed by atoms with Gasteiger partial charge in [-0.2, -0.15) is 0 Å². The van der Waals surface area contributed by atoms with E-state index in [4.69, 9.17) is 4.74 Å². The summed E-state index contributed by atoms with van der Waals surface area (Å²) in [6.07, 6.45) is 6.76. The van der Waals surface area contributed by atoms with Crippen LogP contribution in [-0.4, -0.2) is 22.9 Å². The van der Waals surface area contributed by atoms with E-state index in [0.29, 0.717) is 18.1 Å². The summed E-state index contributed by atoms with van der Waals surface area (Å²) >= 11 is 3.48. The fourth-order valence-electron chi connectivity index (χ4n) is 3.87. The SMILES string of the molecule is O=C1N/C(=C\c2cc(Br)ccc2OCc2ccccc2)C(=O)N1C1CCCCC1. The van der Waals surface area contributed by atoms with Crippen molar-refractivity contribution in [2.24, 2.45) is 0 Å². The van der Waals surface area contributed by atoms with E-state index in [1.54, 1.807) is 6.08 Å². The zero-order valence-corrected chi connectivity index (χ0v) is 17.7. The maximum atomic E-state index is 12.9. The molecule has 4 rings (SSSR count). The van der Waals surface area contributed by atoms with Crippen LogP contribution in [0.4, 0.5) is 4.79 Å². The fourth-order valence-corrected chi connectivity index (χ4v) is 4.25. The first kappa shape index (κ1) is 19.7. The molecule has 5 nitrogen and oxygen atoms in total. The number of amides is 3. The van der Waals surface area contributed by atoms with E-state index >= 15 is 0 Å². The largest absolute Gasteiger partial charge is 0.488 e. The van der Waals surface area contributed by atoms with Crippen molar-refractivity contribution in [3.05, 3.63) is 69.8 Å². The van der Waals surface area contributed by atoms with Gasteiger partial charge in [-0.05, 0) is 42.7 Å². The van der Waals surface area contributed by atoms with E-state index < -0.39 is 0 Å². The van der Waals surface area contributed by atoms with Crippen molar-refractivity contribution in [1.29, 1.82) is 0 Å². The molecule has 1 saturated heterocycles. The van der Waals surface area contributed by atoms with Crippen molar-refractivity contribution in [2.45, 2.75) is 44.8 Å². The van der Waals surface area contributed by atoms with Crippen molar-refractivity contribution in [1.82, 2.24) is 10.2 Å². The normalized spacial score (nSPS) is 18.9. The van der Waals surface area contributed by atoms with Crippen molar-refractivity contribution >= 4 is 33.9 Å². The van der Waals surface area contributed by atoms with Gasteiger partial charge in [-0.25, -0.2) is 4.79 Å². The molecule has 0 bridgehead atoms. The molecule has 0 unspecified atom stereocenters. The molecule has 6 heteroatoms. The summed E-state index contributed by atoms with van der Waals surface area (Å²) in [5.41, 5.74) is 2.09. The van der Waals surface area contributed by atoms with Crippen molar-refractivity contribution in [3.8, 4) is 5.75 Å². The number of nitrogens with one attached hydrogen (secondary N) is 1. The first-order chi connectivity index (χ1) is 14.1. The van der Waals surface area contributed by atoms with Gasteiger partial charge >= 0.3 is 6.03 Å². The Morgan fingerprint density at radius 3 is 2.59 bits per heavy atom. The second kappa shape index (κ2) is 8.82. The number of nitrogens with zero attached hydrogens (tertiary/aromatic N) is 1. The highest BCUT2D eigenvalue weighted by atomic mass is 79.9. The maximum absolute atomic E-state index is 12.9. The second-order valence-electron chi connectivity index (χ2n) is 7.41. The minimum Gasteiger partial charge on any atom is -0.488 e. The zero-order chi connectivity index (χ0) is 20.2. The number of carbonyl (C=O) groups is 2. The summed E-state index contributed by atoms with van der Waals surface area (Å²) in [6, 6.07) is 15.2. The molecule has 0 aromatic heterocycles. The van der Waals surface area contributed by atoms with Gasteiger partial charge in [0.2, 0.25) is 0 Å². The van der Waals surface area contributed by atoms with Gasteiger partial charge in [-0.1, -0.05) is 65.5 Å². The predicted molar refractivity (Wildman–Crippen MR) is 115 cm³/mol. The van der Waals surface area contributed by atoms with E-state index in [1.807, 2.05) is 48.5 Å². The van der Waals surface area contributed by atoms with E-state index in [0.717, 1.165) is 41.3 Å². The number of ether oxygens (including phenoxy) is 1. The van der Waals surface area contributed by atoms with Crippen LogP contribution >= 0.6 is 15.9 Å². The summed E-state index contributed by atoms with van der Waals surface area (Å²) < 4.78 is 6.86. The fraction of sp³-hybridized carbons (Fsp3) is 0.304.